The molecule has 188 valence electrons. The van der Waals surface area contributed by atoms with E-state index in [0.717, 1.165) is 22.6 Å². The molecule has 3 aromatic rings. The molecule has 36 heavy (non-hydrogen) atoms. The molecule has 0 aliphatic rings. The van der Waals surface area contributed by atoms with E-state index in [-0.39, 0.29) is 12.6 Å². The van der Waals surface area contributed by atoms with Crippen LogP contribution in [0.25, 0.3) is 5.69 Å². The Hall–Kier alpha value is -4.40. The van der Waals surface area contributed by atoms with Gasteiger partial charge in [0.25, 0.3) is 11.8 Å². The Labute approximate surface area is 210 Å². The molecule has 0 bridgehead atoms. The Bertz CT molecular complexity index is 1230. The van der Waals surface area contributed by atoms with Gasteiger partial charge in [-0.3, -0.25) is 9.59 Å². The standard InChI is InChI=1S/C27H30N4O5/c1-5-35-27(34)21-11-13-23(14-12-21)31-18(2)15-22(20(31)4)16-28-30-26(33)19(3)29-25(32)17-36-24-9-7-6-8-10-24/h6-16,19H,5,17H2,1-4H3,(H,29,32)(H,30,33)/b28-16-/t19-/m1/s1. The Kier molecular flexibility index (Phi) is 8.99. The maximum Gasteiger partial charge on any atom is 0.338 e. The van der Waals surface area contributed by atoms with Gasteiger partial charge in [0.05, 0.1) is 18.4 Å². The highest BCUT2D eigenvalue weighted by Crippen LogP contribution is 2.20. The van der Waals surface area contributed by atoms with Gasteiger partial charge in [-0.1, -0.05) is 18.2 Å². The molecule has 3 rings (SSSR count). The van der Waals surface area contributed by atoms with E-state index in [1.54, 1.807) is 56.5 Å². The predicted octanol–water partition coefficient (Wildman–Crippen LogP) is 3.30. The van der Waals surface area contributed by atoms with Crippen LogP contribution in [0.4, 0.5) is 0 Å². The van der Waals surface area contributed by atoms with Crippen LogP contribution in [0.3, 0.4) is 0 Å². The molecule has 1 atom stereocenters. The van der Waals surface area contributed by atoms with Crippen molar-refractivity contribution in [1.29, 1.82) is 0 Å². The third-order valence-electron chi connectivity index (χ3n) is 5.37. The van der Waals surface area contributed by atoms with Crippen LogP contribution in [0.1, 0.15) is 41.2 Å². The summed E-state index contributed by atoms with van der Waals surface area (Å²) >= 11 is 0. The van der Waals surface area contributed by atoms with Gasteiger partial charge in [0.2, 0.25) is 0 Å². The number of carbonyl (C=O) groups is 3. The second-order valence-corrected chi connectivity index (χ2v) is 8.05. The van der Waals surface area contributed by atoms with Crippen molar-refractivity contribution < 1.29 is 23.9 Å². The number of hydrazone groups is 1. The van der Waals surface area contributed by atoms with Crippen LogP contribution in [-0.4, -0.2) is 47.8 Å². The maximum atomic E-state index is 12.3. The summed E-state index contributed by atoms with van der Waals surface area (Å²) in [6.07, 6.45) is 1.55. The molecule has 0 unspecified atom stereocenters. The van der Waals surface area contributed by atoms with E-state index in [1.165, 1.54) is 0 Å². The molecule has 2 amide bonds. The van der Waals surface area contributed by atoms with Gasteiger partial charge in [0.1, 0.15) is 11.8 Å². The van der Waals surface area contributed by atoms with Crippen LogP contribution < -0.4 is 15.5 Å². The molecule has 1 heterocycles. The van der Waals surface area contributed by atoms with E-state index in [9.17, 15) is 14.4 Å². The Balaban J connectivity index is 1.56. The first kappa shape index (κ1) is 26.2. The highest BCUT2D eigenvalue weighted by atomic mass is 16.5. The van der Waals surface area contributed by atoms with Crippen LogP contribution >= 0.6 is 0 Å². The molecule has 0 spiro atoms. The number of aryl methyl sites for hydroxylation is 1. The molecule has 0 radical (unpaired) electrons. The van der Waals surface area contributed by atoms with Crippen molar-refractivity contribution in [2.75, 3.05) is 13.2 Å². The van der Waals surface area contributed by atoms with Crippen LogP contribution in [-0.2, 0) is 14.3 Å². The number of rotatable bonds is 10. The number of carbonyl (C=O) groups excluding carboxylic acids is 3. The summed E-state index contributed by atoms with van der Waals surface area (Å²) in [5.41, 5.74) is 6.51. The Morgan fingerprint density at radius 1 is 1.06 bits per heavy atom. The SMILES string of the molecule is CCOC(=O)c1ccc(-n2c(C)cc(/C=N\NC(=O)[C@@H](C)NC(=O)COc3ccccc3)c2C)cc1. The first-order valence-corrected chi connectivity index (χ1v) is 11.6. The van der Waals surface area contributed by atoms with Crippen LogP contribution in [0.2, 0.25) is 0 Å². The second-order valence-electron chi connectivity index (χ2n) is 8.05. The fraction of sp³-hybridized carbons (Fsp3) is 0.259. The Morgan fingerprint density at radius 3 is 2.42 bits per heavy atom. The average molecular weight is 491 g/mol. The molecule has 0 saturated carbocycles. The molecule has 2 aromatic carbocycles. The van der Waals surface area contributed by atoms with Crippen LogP contribution in [0, 0.1) is 13.8 Å². The number of hydrogen-bond donors (Lipinski definition) is 2. The number of ether oxygens (including phenoxy) is 2. The molecule has 0 saturated heterocycles. The van der Waals surface area contributed by atoms with Crippen molar-refractivity contribution >= 4 is 24.0 Å². The van der Waals surface area contributed by atoms with Gasteiger partial charge in [0.15, 0.2) is 6.61 Å². The summed E-state index contributed by atoms with van der Waals surface area (Å²) in [4.78, 5) is 36.3. The summed E-state index contributed by atoms with van der Waals surface area (Å²) in [7, 11) is 0. The van der Waals surface area contributed by atoms with Gasteiger partial charge in [-0.2, -0.15) is 5.10 Å². The van der Waals surface area contributed by atoms with Crippen LogP contribution in [0.5, 0.6) is 5.75 Å². The topological polar surface area (TPSA) is 111 Å². The zero-order chi connectivity index (χ0) is 26.1. The molecule has 9 heteroatoms. The van der Waals surface area contributed by atoms with E-state index >= 15 is 0 Å². The van der Waals surface area contributed by atoms with Gasteiger partial charge in [-0.15, -0.1) is 0 Å². The number of para-hydroxylation sites is 1. The third kappa shape index (κ3) is 6.82. The molecule has 2 N–H and O–H groups in total. The summed E-state index contributed by atoms with van der Waals surface area (Å²) in [6, 6.07) is 17.2. The maximum absolute atomic E-state index is 12.3. The van der Waals surface area contributed by atoms with Crippen molar-refractivity contribution in [3.05, 3.63) is 83.2 Å². The van der Waals surface area contributed by atoms with E-state index in [4.69, 9.17) is 9.47 Å². The normalized spacial score (nSPS) is 11.7. The Morgan fingerprint density at radius 2 is 1.75 bits per heavy atom. The second kappa shape index (κ2) is 12.3. The largest absolute Gasteiger partial charge is 0.484 e. The zero-order valence-corrected chi connectivity index (χ0v) is 20.8. The lowest BCUT2D eigenvalue weighted by Crippen LogP contribution is -2.45. The summed E-state index contributed by atoms with van der Waals surface area (Å²) in [5, 5.41) is 6.63. The number of esters is 1. The molecule has 1 aromatic heterocycles. The molecule has 0 aliphatic heterocycles. The quantitative estimate of drug-likeness (QED) is 0.257. The molecular weight excluding hydrogens is 460 g/mol. The number of hydrogen-bond acceptors (Lipinski definition) is 6. The molecule has 9 nitrogen and oxygen atoms in total. The lowest BCUT2D eigenvalue weighted by atomic mass is 10.2. The summed E-state index contributed by atoms with van der Waals surface area (Å²) < 4.78 is 12.4. The van der Waals surface area contributed by atoms with E-state index in [0.29, 0.717) is 17.9 Å². The molecule has 0 aliphatic carbocycles. The highest BCUT2D eigenvalue weighted by molar-refractivity contribution is 5.90. The number of nitrogens with zero attached hydrogens (tertiary/aromatic N) is 2. The van der Waals surface area contributed by atoms with Gasteiger partial charge in [0, 0.05) is 22.6 Å². The van der Waals surface area contributed by atoms with Gasteiger partial charge >= 0.3 is 5.97 Å². The van der Waals surface area contributed by atoms with Gasteiger partial charge < -0.3 is 19.4 Å². The first-order valence-electron chi connectivity index (χ1n) is 11.6. The van der Waals surface area contributed by atoms with Crippen molar-refractivity contribution in [3.8, 4) is 11.4 Å². The van der Waals surface area contributed by atoms with Crippen molar-refractivity contribution in [2.24, 2.45) is 5.10 Å². The minimum atomic E-state index is -0.792. The van der Waals surface area contributed by atoms with Gasteiger partial charge in [-0.25, -0.2) is 10.2 Å². The fourth-order valence-corrected chi connectivity index (χ4v) is 3.55. The minimum Gasteiger partial charge on any atom is -0.484 e. The third-order valence-corrected chi connectivity index (χ3v) is 5.37. The lowest BCUT2D eigenvalue weighted by Gasteiger charge is -2.12. The highest BCUT2D eigenvalue weighted by Gasteiger charge is 2.16. The number of benzene rings is 2. The minimum absolute atomic E-state index is 0.197. The molecule has 0 fully saturated rings. The lowest BCUT2D eigenvalue weighted by molar-refractivity contribution is -0.129. The van der Waals surface area contributed by atoms with Gasteiger partial charge in [-0.05, 0) is 70.2 Å². The van der Waals surface area contributed by atoms with E-state index in [1.807, 2.05) is 42.7 Å². The fourth-order valence-electron chi connectivity index (χ4n) is 3.55. The zero-order valence-electron chi connectivity index (χ0n) is 20.8. The first-order chi connectivity index (χ1) is 17.3. The monoisotopic (exact) mass is 490 g/mol. The summed E-state index contributed by atoms with van der Waals surface area (Å²) in [6.45, 7) is 7.35. The van der Waals surface area contributed by atoms with Crippen molar-refractivity contribution in [1.82, 2.24) is 15.3 Å². The van der Waals surface area contributed by atoms with Crippen LogP contribution in [0.15, 0.2) is 65.8 Å². The van der Waals surface area contributed by atoms with Crippen molar-refractivity contribution in [2.45, 2.75) is 33.7 Å². The number of aromatic nitrogens is 1. The molecular formula is C27H30N4O5. The van der Waals surface area contributed by atoms with E-state index < -0.39 is 17.9 Å². The summed E-state index contributed by atoms with van der Waals surface area (Å²) in [5.74, 6) is -0.657. The van der Waals surface area contributed by atoms with Crippen molar-refractivity contribution in [3.63, 3.8) is 0 Å². The number of nitrogens with one attached hydrogen (secondary N) is 2. The van der Waals surface area contributed by atoms with E-state index in [2.05, 4.69) is 15.8 Å². The predicted molar refractivity (Wildman–Crippen MR) is 136 cm³/mol. The average Bonchev–Trinajstić information content (AvgIpc) is 3.16. The number of amides is 2. The smallest absolute Gasteiger partial charge is 0.338 e.